The SMILES string of the molecule is CC(CNc1cnc(C#N)cn1)C(C)(C)C. The lowest BCUT2D eigenvalue weighted by Crippen LogP contribution is -2.25. The van der Waals surface area contributed by atoms with Gasteiger partial charge in [0.05, 0.1) is 12.4 Å². The molecule has 1 atom stereocenters. The Balaban J connectivity index is 2.53. The molecule has 4 nitrogen and oxygen atoms in total. The Hall–Kier alpha value is -1.63. The fraction of sp³-hybridized carbons (Fsp3) is 0.583. The minimum absolute atomic E-state index is 0.271. The molecule has 0 saturated heterocycles. The van der Waals surface area contributed by atoms with Crippen LogP contribution >= 0.6 is 0 Å². The van der Waals surface area contributed by atoms with E-state index in [1.807, 2.05) is 6.07 Å². The Morgan fingerprint density at radius 1 is 1.38 bits per heavy atom. The highest BCUT2D eigenvalue weighted by Crippen LogP contribution is 2.25. The number of nitriles is 1. The van der Waals surface area contributed by atoms with Crippen LogP contribution in [0.5, 0.6) is 0 Å². The van der Waals surface area contributed by atoms with Crippen molar-refractivity contribution in [3.05, 3.63) is 18.1 Å². The van der Waals surface area contributed by atoms with Crippen molar-refractivity contribution in [2.24, 2.45) is 11.3 Å². The molecule has 0 saturated carbocycles. The number of rotatable bonds is 3. The van der Waals surface area contributed by atoms with Gasteiger partial charge in [0.2, 0.25) is 0 Å². The van der Waals surface area contributed by atoms with E-state index in [9.17, 15) is 0 Å². The van der Waals surface area contributed by atoms with E-state index in [1.54, 1.807) is 6.20 Å². The number of aromatic nitrogens is 2. The quantitative estimate of drug-likeness (QED) is 0.846. The fourth-order valence-electron chi connectivity index (χ4n) is 1.04. The predicted octanol–water partition coefficient (Wildman–Crippen LogP) is 2.44. The molecule has 1 heterocycles. The smallest absolute Gasteiger partial charge is 0.158 e. The molecule has 0 aliphatic heterocycles. The lowest BCUT2D eigenvalue weighted by atomic mass is 9.82. The molecule has 16 heavy (non-hydrogen) atoms. The maximum Gasteiger partial charge on any atom is 0.158 e. The van der Waals surface area contributed by atoms with Gasteiger partial charge >= 0.3 is 0 Å². The molecule has 1 aromatic heterocycles. The van der Waals surface area contributed by atoms with E-state index in [-0.39, 0.29) is 5.41 Å². The zero-order valence-electron chi connectivity index (χ0n) is 10.3. The molecule has 1 unspecified atom stereocenters. The maximum atomic E-state index is 8.58. The summed E-state index contributed by atoms with van der Waals surface area (Å²) in [6, 6.07) is 1.94. The van der Waals surface area contributed by atoms with E-state index in [0.717, 1.165) is 12.4 Å². The third-order valence-electron chi connectivity index (χ3n) is 2.83. The van der Waals surface area contributed by atoms with Crippen molar-refractivity contribution in [1.82, 2.24) is 9.97 Å². The standard InChI is InChI=1S/C12H18N4/c1-9(12(2,3)4)6-15-11-8-14-10(5-13)7-16-11/h7-9H,6H2,1-4H3,(H,15,16). The average molecular weight is 218 g/mol. The van der Waals surface area contributed by atoms with Crippen molar-refractivity contribution in [2.75, 3.05) is 11.9 Å². The first-order valence-corrected chi connectivity index (χ1v) is 5.39. The molecule has 0 radical (unpaired) electrons. The third kappa shape index (κ3) is 3.50. The molecule has 0 fully saturated rings. The Labute approximate surface area is 96.7 Å². The summed E-state index contributed by atoms with van der Waals surface area (Å²) in [4.78, 5) is 8.06. The molecule has 0 aromatic carbocycles. The minimum Gasteiger partial charge on any atom is -0.369 e. The van der Waals surface area contributed by atoms with Crippen molar-refractivity contribution in [2.45, 2.75) is 27.7 Å². The third-order valence-corrected chi connectivity index (χ3v) is 2.83. The highest BCUT2D eigenvalue weighted by molar-refractivity contribution is 5.33. The summed E-state index contributed by atoms with van der Waals surface area (Å²) in [5.74, 6) is 1.25. The second-order valence-electron chi connectivity index (χ2n) is 5.05. The van der Waals surface area contributed by atoms with Crippen LogP contribution in [0.3, 0.4) is 0 Å². The summed E-state index contributed by atoms with van der Waals surface area (Å²) in [7, 11) is 0. The van der Waals surface area contributed by atoms with E-state index < -0.39 is 0 Å². The van der Waals surface area contributed by atoms with E-state index in [4.69, 9.17) is 5.26 Å². The number of nitrogens with zero attached hydrogens (tertiary/aromatic N) is 3. The first-order chi connectivity index (χ1) is 7.43. The second-order valence-corrected chi connectivity index (χ2v) is 5.05. The van der Waals surface area contributed by atoms with E-state index in [2.05, 4.69) is 43.0 Å². The van der Waals surface area contributed by atoms with Gasteiger partial charge in [-0.1, -0.05) is 27.7 Å². The Morgan fingerprint density at radius 2 is 2.06 bits per heavy atom. The van der Waals surface area contributed by atoms with Crippen LogP contribution in [0.4, 0.5) is 5.82 Å². The summed E-state index contributed by atoms with van der Waals surface area (Å²) in [6.45, 7) is 9.69. The molecular formula is C12H18N4. The van der Waals surface area contributed by atoms with Gasteiger partial charge in [-0.2, -0.15) is 5.26 Å². The van der Waals surface area contributed by atoms with Gasteiger partial charge in [0, 0.05) is 6.54 Å². The van der Waals surface area contributed by atoms with Crippen molar-refractivity contribution < 1.29 is 0 Å². The predicted molar refractivity (Wildman–Crippen MR) is 63.9 cm³/mol. The molecule has 1 aromatic rings. The lowest BCUT2D eigenvalue weighted by molar-refractivity contribution is 0.274. The molecule has 0 aliphatic rings. The largest absolute Gasteiger partial charge is 0.369 e. The molecule has 0 aliphatic carbocycles. The molecule has 0 spiro atoms. The molecule has 1 rings (SSSR count). The van der Waals surface area contributed by atoms with Gasteiger partial charge in [-0.05, 0) is 11.3 Å². The monoisotopic (exact) mass is 218 g/mol. The summed E-state index contributed by atoms with van der Waals surface area (Å²) in [5.41, 5.74) is 0.613. The molecule has 1 N–H and O–H groups in total. The van der Waals surface area contributed by atoms with Crippen molar-refractivity contribution >= 4 is 5.82 Å². The lowest BCUT2D eigenvalue weighted by Gasteiger charge is -2.27. The topological polar surface area (TPSA) is 61.6 Å². The second kappa shape index (κ2) is 4.93. The van der Waals surface area contributed by atoms with Gasteiger partial charge in [-0.3, -0.25) is 0 Å². The Kier molecular flexibility index (Phi) is 3.83. The van der Waals surface area contributed by atoms with Crippen LogP contribution in [0.15, 0.2) is 12.4 Å². The van der Waals surface area contributed by atoms with Gasteiger partial charge in [0.15, 0.2) is 5.69 Å². The number of anilines is 1. The Morgan fingerprint density at radius 3 is 2.50 bits per heavy atom. The number of nitrogens with one attached hydrogen (secondary N) is 1. The van der Waals surface area contributed by atoms with Gasteiger partial charge in [-0.15, -0.1) is 0 Å². The zero-order valence-corrected chi connectivity index (χ0v) is 10.3. The van der Waals surface area contributed by atoms with Crippen LogP contribution in [0.2, 0.25) is 0 Å². The minimum atomic E-state index is 0.271. The number of hydrogen-bond donors (Lipinski definition) is 1. The van der Waals surface area contributed by atoms with Crippen LogP contribution in [0.25, 0.3) is 0 Å². The first kappa shape index (κ1) is 12.4. The van der Waals surface area contributed by atoms with Crippen LogP contribution in [0.1, 0.15) is 33.4 Å². The van der Waals surface area contributed by atoms with Gasteiger partial charge in [0.25, 0.3) is 0 Å². The van der Waals surface area contributed by atoms with Crippen molar-refractivity contribution in [3.8, 4) is 6.07 Å². The van der Waals surface area contributed by atoms with Crippen LogP contribution in [-0.4, -0.2) is 16.5 Å². The summed E-state index contributed by atoms with van der Waals surface area (Å²) < 4.78 is 0. The highest BCUT2D eigenvalue weighted by Gasteiger charge is 2.19. The van der Waals surface area contributed by atoms with Crippen LogP contribution < -0.4 is 5.32 Å². The van der Waals surface area contributed by atoms with Crippen molar-refractivity contribution in [1.29, 1.82) is 5.26 Å². The molecular weight excluding hydrogens is 200 g/mol. The Bertz CT molecular complexity index is 369. The van der Waals surface area contributed by atoms with Crippen molar-refractivity contribution in [3.63, 3.8) is 0 Å². The summed E-state index contributed by atoms with van der Waals surface area (Å²) in [5, 5.41) is 11.8. The normalized spacial score (nSPS) is 12.9. The first-order valence-electron chi connectivity index (χ1n) is 5.39. The summed E-state index contributed by atoms with van der Waals surface area (Å²) in [6.07, 6.45) is 3.07. The van der Waals surface area contributed by atoms with E-state index in [1.165, 1.54) is 6.20 Å². The zero-order chi connectivity index (χ0) is 12.2. The average Bonchev–Trinajstić information content (AvgIpc) is 2.25. The van der Waals surface area contributed by atoms with Crippen LogP contribution in [0, 0.1) is 22.7 Å². The van der Waals surface area contributed by atoms with E-state index >= 15 is 0 Å². The molecule has 0 bridgehead atoms. The molecule has 86 valence electrons. The van der Waals surface area contributed by atoms with Gasteiger partial charge in [0.1, 0.15) is 11.9 Å². The summed E-state index contributed by atoms with van der Waals surface area (Å²) >= 11 is 0. The van der Waals surface area contributed by atoms with Gasteiger partial charge in [-0.25, -0.2) is 9.97 Å². The van der Waals surface area contributed by atoms with Gasteiger partial charge < -0.3 is 5.32 Å². The highest BCUT2D eigenvalue weighted by atomic mass is 15.0. The fourth-order valence-corrected chi connectivity index (χ4v) is 1.04. The molecule has 4 heteroatoms. The van der Waals surface area contributed by atoms with E-state index in [0.29, 0.717) is 11.6 Å². The van der Waals surface area contributed by atoms with Crippen LogP contribution in [-0.2, 0) is 0 Å². The number of hydrogen-bond acceptors (Lipinski definition) is 4. The molecule has 0 amide bonds. The maximum absolute atomic E-state index is 8.58.